The van der Waals surface area contributed by atoms with Gasteiger partial charge in [0, 0.05) is 30.9 Å². The maximum atomic E-state index is 12.4. The van der Waals surface area contributed by atoms with Gasteiger partial charge in [-0.05, 0) is 43.4 Å². The van der Waals surface area contributed by atoms with Gasteiger partial charge in [0.25, 0.3) is 0 Å². The Bertz CT molecular complexity index is 577. The monoisotopic (exact) mass is 288 g/mol. The predicted molar refractivity (Wildman–Crippen MR) is 79.3 cm³/mol. The summed E-state index contributed by atoms with van der Waals surface area (Å²) in [5.41, 5.74) is 7.72. The number of hydrogen-bond donors (Lipinski definition) is 2. The fourth-order valence-corrected chi connectivity index (χ4v) is 2.92. The van der Waals surface area contributed by atoms with Crippen LogP contribution in [0.4, 0.5) is 5.69 Å². The third-order valence-electron chi connectivity index (χ3n) is 4.36. The third kappa shape index (κ3) is 2.84. The van der Waals surface area contributed by atoms with Gasteiger partial charge in [0.15, 0.2) is 5.78 Å². The molecule has 3 rings (SSSR count). The fraction of sp³-hybridized carbons (Fsp3) is 0.500. The van der Waals surface area contributed by atoms with Gasteiger partial charge in [0.2, 0.25) is 5.91 Å². The number of carbonyl (C=O) groups is 2. The van der Waals surface area contributed by atoms with Crippen LogP contribution < -0.4 is 11.1 Å². The van der Waals surface area contributed by atoms with Crippen molar-refractivity contribution in [3.05, 3.63) is 29.3 Å². The number of rotatable bonds is 2. The minimum absolute atomic E-state index is 0.154. The highest BCUT2D eigenvalue weighted by molar-refractivity contribution is 6.02. The molecule has 0 unspecified atom stereocenters. The van der Waals surface area contributed by atoms with Crippen molar-refractivity contribution < 1.29 is 14.3 Å². The molecule has 5 heteroatoms. The number of anilines is 1. The Kier molecular flexibility index (Phi) is 3.78. The molecule has 3 N–H and O–H groups in total. The Morgan fingerprint density at radius 2 is 2.00 bits per heavy atom. The number of Topliss-reactive ketones (excluding diaryl/α,β-unsaturated/α-hetero) is 1. The van der Waals surface area contributed by atoms with Crippen LogP contribution in [0.2, 0.25) is 0 Å². The van der Waals surface area contributed by atoms with E-state index in [-0.39, 0.29) is 11.7 Å². The Morgan fingerprint density at radius 1 is 1.24 bits per heavy atom. The van der Waals surface area contributed by atoms with Crippen molar-refractivity contribution in [3.8, 4) is 0 Å². The lowest BCUT2D eigenvalue weighted by molar-refractivity contribution is -0.124. The van der Waals surface area contributed by atoms with Gasteiger partial charge >= 0.3 is 0 Å². The Balaban J connectivity index is 1.77. The van der Waals surface area contributed by atoms with Crippen LogP contribution in [-0.2, 0) is 16.0 Å². The zero-order valence-corrected chi connectivity index (χ0v) is 12.0. The number of amides is 1. The highest BCUT2D eigenvalue weighted by Crippen LogP contribution is 2.26. The number of carbonyl (C=O) groups excluding carboxylic acids is 2. The van der Waals surface area contributed by atoms with Crippen molar-refractivity contribution in [2.24, 2.45) is 5.73 Å². The molecule has 0 bridgehead atoms. The maximum Gasteiger partial charge on any atom is 0.244 e. The molecule has 112 valence electrons. The topological polar surface area (TPSA) is 81.4 Å². The molecule has 1 saturated heterocycles. The standard InChI is InChI=1S/C16H20N2O3/c17-16(6-8-21-9-7-16)15(20)18-12-5-4-11-2-1-3-14(19)13(11)10-12/h4-5,10H,1-3,6-9,17H2,(H,18,20). The van der Waals surface area contributed by atoms with Crippen molar-refractivity contribution >= 4 is 17.4 Å². The summed E-state index contributed by atoms with van der Waals surface area (Å²) in [6.45, 7) is 1.01. The molecular weight excluding hydrogens is 268 g/mol. The molecule has 0 aromatic heterocycles. The van der Waals surface area contributed by atoms with E-state index in [2.05, 4.69) is 5.32 Å². The molecule has 0 spiro atoms. The first-order chi connectivity index (χ1) is 10.1. The van der Waals surface area contributed by atoms with Crippen LogP contribution in [0.3, 0.4) is 0 Å². The summed E-state index contributed by atoms with van der Waals surface area (Å²) in [6.07, 6.45) is 3.45. The van der Waals surface area contributed by atoms with Crippen LogP contribution >= 0.6 is 0 Å². The van der Waals surface area contributed by atoms with Gasteiger partial charge in [0.1, 0.15) is 5.54 Å². The van der Waals surface area contributed by atoms with E-state index >= 15 is 0 Å². The van der Waals surface area contributed by atoms with E-state index in [1.54, 1.807) is 6.07 Å². The van der Waals surface area contributed by atoms with Crippen molar-refractivity contribution in [2.75, 3.05) is 18.5 Å². The van der Waals surface area contributed by atoms with Crippen molar-refractivity contribution in [1.82, 2.24) is 0 Å². The fourth-order valence-electron chi connectivity index (χ4n) is 2.92. The highest BCUT2D eigenvalue weighted by Gasteiger charge is 2.36. The zero-order chi connectivity index (χ0) is 14.9. The average molecular weight is 288 g/mol. The lowest BCUT2D eigenvalue weighted by Crippen LogP contribution is -2.54. The van der Waals surface area contributed by atoms with E-state index in [9.17, 15) is 9.59 Å². The first-order valence-corrected chi connectivity index (χ1v) is 7.43. The van der Waals surface area contributed by atoms with Crippen molar-refractivity contribution in [2.45, 2.75) is 37.6 Å². The van der Waals surface area contributed by atoms with Crippen LogP contribution in [-0.4, -0.2) is 30.4 Å². The lowest BCUT2D eigenvalue weighted by atomic mass is 9.89. The Labute approximate surface area is 123 Å². The van der Waals surface area contributed by atoms with Crippen molar-refractivity contribution in [1.29, 1.82) is 0 Å². The number of ketones is 1. The second-order valence-electron chi connectivity index (χ2n) is 5.87. The second kappa shape index (κ2) is 5.58. The van der Waals surface area contributed by atoms with Gasteiger partial charge in [-0.15, -0.1) is 0 Å². The minimum Gasteiger partial charge on any atom is -0.381 e. The molecule has 5 nitrogen and oxygen atoms in total. The molecule has 1 amide bonds. The van der Waals surface area contributed by atoms with Gasteiger partial charge in [-0.1, -0.05) is 6.07 Å². The van der Waals surface area contributed by atoms with E-state index in [4.69, 9.17) is 10.5 Å². The number of nitrogens with one attached hydrogen (secondary N) is 1. The summed E-state index contributed by atoms with van der Waals surface area (Å²) >= 11 is 0. The largest absolute Gasteiger partial charge is 0.381 e. The van der Waals surface area contributed by atoms with E-state index in [0.29, 0.717) is 38.2 Å². The maximum absolute atomic E-state index is 12.4. The molecule has 2 aliphatic rings. The van der Waals surface area contributed by atoms with Crippen LogP contribution in [0, 0.1) is 0 Å². The molecule has 1 heterocycles. The summed E-state index contributed by atoms with van der Waals surface area (Å²) in [5, 5.41) is 2.85. The molecule has 0 saturated carbocycles. The zero-order valence-electron chi connectivity index (χ0n) is 12.0. The van der Waals surface area contributed by atoms with Gasteiger partial charge in [-0.2, -0.15) is 0 Å². The number of hydrogen-bond acceptors (Lipinski definition) is 4. The summed E-state index contributed by atoms with van der Waals surface area (Å²) < 4.78 is 5.25. The molecule has 21 heavy (non-hydrogen) atoms. The first kappa shape index (κ1) is 14.2. The number of benzene rings is 1. The Morgan fingerprint density at radius 3 is 2.76 bits per heavy atom. The highest BCUT2D eigenvalue weighted by atomic mass is 16.5. The van der Waals surface area contributed by atoms with Crippen molar-refractivity contribution in [3.63, 3.8) is 0 Å². The van der Waals surface area contributed by atoms with E-state index in [1.165, 1.54) is 0 Å². The number of ether oxygens (including phenoxy) is 1. The third-order valence-corrected chi connectivity index (χ3v) is 4.36. The summed E-state index contributed by atoms with van der Waals surface area (Å²) in [6, 6.07) is 5.55. The molecule has 1 aliphatic carbocycles. The predicted octanol–water partition coefficient (Wildman–Crippen LogP) is 1.65. The normalized spacial score (nSPS) is 20.7. The van der Waals surface area contributed by atoms with Crippen LogP contribution in [0.25, 0.3) is 0 Å². The molecule has 1 aromatic rings. The minimum atomic E-state index is -0.877. The van der Waals surface area contributed by atoms with E-state index < -0.39 is 5.54 Å². The average Bonchev–Trinajstić information content (AvgIpc) is 2.49. The van der Waals surface area contributed by atoms with Crippen LogP contribution in [0.15, 0.2) is 18.2 Å². The van der Waals surface area contributed by atoms with Gasteiger partial charge in [-0.3, -0.25) is 9.59 Å². The summed E-state index contributed by atoms with van der Waals surface area (Å²) in [5.74, 6) is -0.0464. The summed E-state index contributed by atoms with van der Waals surface area (Å²) in [7, 11) is 0. The van der Waals surface area contributed by atoms with Gasteiger partial charge < -0.3 is 15.8 Å². The quantitative estimate of drug-likeness (QED) is 0.867. The lowest BCUT2D eigenvalue weighted by Gasteiger charge is -2.31. The molecule has 0 radical (unpaired) electrons. The van der Waals surface area contributed by atoms with E-state index in [0.717, 1.165) is 24.0 Å². The molecule has 0 atom stereocenters. The molecular formula is C16H20N2O3. The first-order valence-electron chi connectivity index (χ1n) is 7.43. The smallest absolute Gasteiger partial charge is 0.244 e. The Hall–Kier alpha value is -1.72. The van der Waals surface area contributed by atoms with Gasteiger partial charge in [0.05, 0.1) is 0 Å². The van der Waals surface area contributed by atoms with E-state index in [1.807, 2.05) is 12.1 Å². The van der Waals surface area contributed by atoms with Crippen LogP contribution in [0.5, 0.6) is 0 Å². The second-order valence-corrected chi connectivity index (χ2v) is 5.87. The number of fused-ring (bicyclic) bond motifs is 1. The molecule has 1 aliphatic heterocycles. The number of nitrogens with two attached hydrogens (primary N) is 1. The van der Waals surface area contributed by atoms with Crippen LogP contribution in [0.1, 0.15) is 41.6 Å². The number of aryl methyl sites for hydroxylation is 1. The van der Waals surface area contributed by atoms with Gasteiger partial charge in [-0.25, -0.2) is 0 Å². The summed E-state index contributed by atoms with van der Waals surface area (Å²) in [4.78, 5) is 24.3. The molecule has 1 aromatic carbocycles. The SMILES string of the molecule is NC1(C(=O)Nc2ccc3c(c2)C(=O)CCC3)CCOCC1. The molecule has 1 fully saturated rings.